The number of benzene rings is 2. The molecule has 0 aliphatic rings. The number of amides is 1. The highest BCUT2D eigenvalue weighted by Crippen LogP contribution is 2.08. The molecule has 0 saturated carbocycles. The van der Waals surface area contributed by atoms with Crippen LogP contribution in [-0.2, 0) is 17.9 Å². The number of carbonyl (C=O) groups excluding carboxylic acids is 1. The standard InChI is InChI=1S/C17H16N2O2/c1-19(12-16-9-5-8-15(10-16)11-18)17(20)21-13-14-6-3-2-4-7-14/h2-10H,12-13H2,1H3. The first-order chi connectivity index (χ1) is 10.2. The van der Waals surface area contributed by atoms with Crippen molar-refractivity contribution in [2.45, 2.75) is 13.2 Å². The number of hydrogen-bond acceptors (Lipinski definition) is 3. The minimum absolute atomic E-state index is 0.252. The summed E-state index contributed by atoms with van der Waals surface area (Å²) in [5, 5.41) is 8.86. The van der Waals surface area contributed by atoms with Gasteiger partial charge in [0.25, 0.3) is 0 Å². The minimum atomic E-state index is -0.388. The normalized spacial score (nSPS) is 9.71. The van der Waals surface area contributed by atoms with E-state index in [1.54, 1.807) is 25.2 Å². The molecule has 2 rings (SSSR count). The zero-order valence-corrected chi connectivity index (χ0v) is 11.8. The highest BCUT2D eigenvalue weighted by Gasteiger charge is 2.11. The van der Waals surface area contributed by atoms with Gasteiger partial charge in [0.1, 0.15) is 6.61 Å². The van der Waals surface area contributed by atoms with Crippen LogP contribution < -0.4 is 0 Å². The molecule has 4 heteroatoms. The molecule has 0 saturated heterocycles. The van der Waals surface area contributed by atoms with Gasteiger partial charge in [-0.2, -0.15) is 5.26 Å². The van der Waals surface area contributed by atoms with Crippen LogP contribution in [0.1, 0.15) is 16.7 Å². The molecule has 106 valence electrons. The van der Waals surface area contributed by atoms with Crippen molar-refractivity contribution >= 4 is 6.09 Å². The summed E-state index contributed by atoms with van der Waals surface area (Å²) < 4.78 is 5.24. The molecule has 0 aliphatic carbocycles. The van der Waals surface area contributed by atoms with Gasteiger partial charge in [0.2, 0.25) is 0 Å². The predicted molar refractivity (Wildman–Crippen MR) is 79.3 cm³/mol. The van der Waals surface area contributed by atoms with Gasteiger partial charge in [0.05, 0.1) is 11.6 Å². The summed E-state index contributed by atoms with van der Waals surface area (Å²) in [5.74, 6) is 0. The van der Waals surface area contributed by atoms with Crippen LogP contribution in [0.5, 0.6) is 0 Å². The number of carbonyl (C=O) groups is 1. The first-order valence-electron chi connectivity index (χ1n) is 6.60. The molecule has 2 aromatic rings. The molecule has 0 unspecified atom stereocenters. The fourth-order valence-corrected chi connectivity index (χ4v) is 1.91. The third-order valence-electron chi connectivity index (χ3n) is 2.99. The topological polar surface area (TPSA) is 53.3 Å². The lowest BCUT2D eigenvalue weighted by atomic mass is 10.1. The lowest BCUT2D eigenvalue weighted by Crippen LogP contribution is -2.26. The fraction of sp³-hybridized carbons (Fsp3) is 0.176. The van der Waals surface area contributed by atoms with E-state index < -0.39 is 0 Å². The van der Waals surface area contributed by atoms with E-state index in [4.69, 9.17) is 10.00 Å². The first kappa shape index (κ1) is 14.6. The van der Waals surface area contributed by atoms with Crippen LogP contribution in [0.25, 0.3) is 0 Å². The van der Waals surface area contributed by atoms with Crippen molar-refractivity contribution in [1.29, 1.82) is 5.26 Å². The molecule has 0 aliphatic heterocycles. The second-order valence-corrected chi connectivity index (χ2v) is 4.71. The van der Waals surface area contributed by atoms with E-state index in [-0.39, 0.29) is 12.7 Å². The Balaban J connectivity index is 1.89. The van der Waals surface area contributed by atoms with Gasteiger partial charge < -0.3 is 9.64 Å². The second kappa shape index (κ2) is 7.11. The van der Waals surface area contributed by atoms with Gasteiger partial charge in [0.15, 0.2) is 0 Å². The molecule has 0 fully saturated rings. The maximum Gasteiger partial charge on any atom is 0.410 e. The minimum Gasteiger partial charge on any atom is -0.445 e. The van der Waals surface area contributed by atoms with Gasteiger partial charge in [0, 0.05) is 13.6 Å². The summed E-state index contributed by atoms with van der Waals surface area (Å²) in [6, 6.07) is 18.8. The number of nitrogens with zero attached hydrogens (tertiary/aromatic N) is 2. The van der Waals surface area contributed by atoms with E-state index in [0.717, 1.165) is 11.1 Å². The molecule has 0 N–H and O–H groups in total. The van der Waals surface area contributed by atoms with E-state index >= 15 is 0 Å². The Morgan fingerprint density at radius 1 is 1.14 bits per heavy atom. The third kappa shape index (κ3) is 4.36. The molecular formula is C17H16N2O2. The summed E-state index contributed by atoms with van der Waals surface area (Å²) in [6.07, 6.45) is -0.388. The number of nitriles is 1. The van der Waals surface area contributed by atoms with Crippen molar-refractivity contribution in [3.8, 4) is 6.07 Å². The Kier molecular flexibility index (Phi) is 4.94. The Hall–Kier alpha value is -2.80. The molecule has 2 aromatic carbocycles. The SMILES string of the molecule is CN(Cc1cccc(C#N)c1)C(=O)OCc1ccccc1. The van der Waals surface area contributed by atoms with Crippen LogP contribution in [0.15, 0.2) is 54.6 Å². The summed E-state index contributed by atoms with van der Waals surface area (Å²) in [4.78, 5) is 13.4. The van der Waals surface area contributed by atoms with E-state index in [2.05, 4.69) is 6.07 Å². The lowest BCUT2D eigenvalue weighted by Gasteiger charge is -2.17. The maximum absolute atomic E-state index is 11.9. The van der Waals surface area contributed by atoms with Gasteiger partial charge in [-0.1, -0.05) is 42.5 Å². The molecule has 0 heterocycles. The summed E-state index contributed by atoms with van der Waals surface area (Å²) in [7, 11) is 1.67. The van der Waals surface area contributed by atoms with Crippen molar-refractivity contribution in [2.75, 3.05) is 7.05 Å². The summed E-state index contributed by atoms with van der Waals surface area (Å²) in [6.45, 7) is 0.658. The molecule has 0 spiro atoms. The van der Waals surface area contributed by atoms with Crippen LogP contribution in [0.2, 0.25) is 0 Å². The van der Waals surface area contributed by atoms with Crippen LogP contribution in [0.4, 0.5) is 4.79 Å². The van der Waals surface area contributed by atoms with Crippen LogP contribution in [0.3, 0.4) is 0 Å². The highest BCUT2D eigenvalue weighted by atomic mass is 16.6. The first-order valence-corrected chi connectivity index (χ1v) is 6.60. The molecule has 0 atom stereocenters. The van der Waals surface area contributed by atoms with Crippen molar-refractivity contribution in [3.63, 3.8) is 0 Å². The molecule has 4 nitrogen and oxygen atoms in total. The number of rotatable bonds is 4. The van der Waals surface area contributed by atoms with Crippen molar-refractivity contribution < 1.29 is 9.53 Å². The molecule has 1 amide bonds. The molecular weight excluding hydrogens is 264 g/mol. The van der Waals surface area contributed by atoms with Gasteiger partial charge >= 0.3 is 6.09 Å². The van der Waals surface area contributed by atoms with E-state index in [1.807, 2.05) is 36.4 Å². The van der Waals surface area contributed by atoms with Crippen LogP contribution >= 0.6 is 0 Å². The van der Waals surface area contributed by atoms with Crippen molar-refractivity contribution in [2.24, 2.45) is 0 Å². The monoisotopic (exact) mass is 280 g/mol. The third-order valence-corrected chi connectivity index (χ3v) is 2.99. The quantitative estimate of drug-likeness (QED) is 0.863. The summed E-state index contributed by atoms with van der Waals surface area (Å²) in [5.41, 5.74) is 2.43. The van der Waals surface area contributed by atoms with Crippen molar-refractivity contribution in [3.05, 3.63) is 71.3 Å². The molecule has 0 radical (unpaired) electrons. The van der Waals surface area contributed by atoms with Gasteiger partial charge in [-0.15, -0.1) is 0 Å². The Labute approximate surface area is 124 Å². The Morgan fingerprint density at radius 2 is 1.86 bits per heavy atom. The maximum atomic E-state index is 11.9. The van der Waals surface area contributed by atoms with E-state index in [0.29, 0.717) is 12.1 Å². The zero-order valence-electron chi connectivity index (χ0n) is 11.8. The average molecular weight is 280 g/mol. The molecule has 0 aromatic heterocycles. The molecule has 21 heavy (non-hydrogen) atoms. The Bertz CT molecular complexity index is 647. The number of ether oxygens (including phenoxy) is 1. The predicted octanol–water partition coefficient (Wildman–Crippen LogP) is 3.33. The smallest absolute Gasteiger partial charge is 0.410 e. The molecule has 0 bridgehead atoms. The van der Waals surface area contributed by atoms with Crippen LogP contribution in [-0.4, -0.2) is 18.0 Å². The summed E-state index contributed by atoms with van der Waals surface area (Å²) >= 11 is 0. The van der Waals surface area contributed by atoms with Crippen molar-refractivity contribution in [1.82, 2.24) is 4.90 Å². The van der Waals surface area contributed by atoms with Gasteiger partial charge in [-0.05, 0) is 23.3 Å². The largest absolute Gasteiger partial charge is 0.445 e. The Morgan fingerprint density at radius 3 is 2.57 bits per heavy atom. The average Bonchev–Trinajstić information content (AvgIpc) is 2.53. The lowest BCUT2D eigenvalue weighted by molar-refractivity contribution is 0.103. The fourth-order valence-electron chi connectivity index (χ4n) is 1.91. The van der Waals surface area contributed by atoms with Gasteiger partial charge in [-0.25, -0.2) is 4.79 Å². The van der Waals surface area contributed by atoms with E-state index in [1.165, 1.54) is 4.90 Å². The van der Waals surface area contributed by atoms with Gasteiger partial charge in [-0.3, -0.25) is 0 Å². The number of hydrogen-bond donors (Lipinski definition) is 0. The highest BCUT2D eigenvalue weighted by molar-refractivity contribution is 5.67. The van der Waals surface area contributed by atoms with Crippen LogP contribution in [0, 0.1) is 11.3 Å². The zero-order chi connectivity index (χ0) is 15.1. The second-order valence-electron chi connectivity index (χ2n) is 4.71. The van der Waals surface area contributed by atoms with E-state index in [9.17, 15) is 4.79 Å².